The number of rotatable bonds is 6. The summed E-state index contributed by atoms with van der Waals surface area (Å²) >= 11 is 1.24. The van der Waals surface area contributed by atoms with E-state index in [4.69, 9.17) is 8.83 Å². The Bertz CT molecular complexity index is 606. The standard InChI is InChI=1S/C14H19N3O3S/c1-8(2)7-15-12(18)10(4)21-14-17-16-13(20-14)11-5-6-19-9(11)3/h5-6,8,10H,7H2,1-4H3,(H,15,18)/t10-/m1/s1. The average Bonchev–Trinajstić information content (AvgIpc) is 3.04. The third-order valence-corrected chi connectivity index (χ3v) is 3.76. The van der Waals surface area contributed by atoms with Crippen molar-refractivity contribution >= 4 is 17.7 Å². The molecule has 2 rings (SSSR count). The van der Waals surface area contributed by atoms with E-state index in [2.05, 4.69) is 29.4 Å². The summed E-state index contributed by atoms with van der Waals surface area (Å²) in [6.07, 6.45) is 1.57. The predicted octanol–water partition coefficient (Wildman–Crippen LogP) is 2.89. The van der Waals surface area contributed by atoms with E-state index in [9.17, 15) is 4.79 Å². The highest BCUT2D eigenvalue weighted by molar-refractivity contribution is 8.00. The van der Waals surface area contributed by atoms with Gasteiger partial charge in [0.15, 0.2) is 0 Å². The van der Waals surface area contributed by atoms with Gasteiger partial charge in [0.05, 0.1) is 17.1 Å². The number of aryl methyl sites for hydroxylation is 1. The molecule has 0 spiro atoms. The van der Waals surface area contributed by atoms with Crippen molar-refractivity contribution in [2.24, 2.45) is 5.92 Å². The van der Waals surface area contributed by atoms with Gasteiger partial charge in [-0.1, -0.05) is 25.6 Å². The molecule has 0 aliphatic heterocycles. The molecule has 6 nitrogen and oxygen atoms in total. The molecule has 1 amide bonds. The van der Waals surface area contributed by atoms with Crippen molar-refractivity contribution in [3.8, 4) is 11.5 Å². The van der Waals surface area contributed by atoms with E-state index in [-0.39, 0.29) is 11.2 Å². The maximum absolute atomic E-state index is 11.9. The molecule has 2 heterocycles. The summed E-state index contributed by atoms with van der Waals surface area (Å²) in [5.41, 5.74) is 0.770. The van der Waals surface area contributed by atoms with Crippen molar-refractivity contribution in [1.29, 1.82) is 0 Å². The average molecular weight is 309 g/mol. The molecule has 0 aliphatic rings. The van der Waals surface area contributed by atoms with Gasteiger partial charge < -0.3 is 14.2 Å². The quantitative estimate of drug-likeness (QED) is 0.826. The van der Waals surface area contributed by atoms with Gasteiger partial charge in [-0.05, 0) is 25.8 Å². The van der Waals surface area contributed by atoms with E-state index in [1.165, 1.54) is 11.8 Å². The SMILES string of the molecule is Cc1occc1-c1nnc(S[C@H](C)C(=O)NCC(C)C)o1. The fourth-order valence-corrected chi connectivity index (χ4v) is 2.33. The number of carbonyl (C=O) groups excluding carboxylic acids is 1. The normalized spacial score (nSPS) is 12.6. The van der Waals surface area contributed by atoms with Crippen molar-refractivity contribution in [1.82, 2.24) is 15.5 Å². The van der Waals surface area contributed by atoms with E-state index in [1.807, 2.05) is 13.8 Å². The molecule has 0 saturated carbocycles. The minimum absolute atomic E-state index is 0.0343. The van der Waals surface area contributed by atoms with Crippen LogP contribution in [0.1, 0.15) is 26.5 Å². The van der Waals surface area contributed by atoms with Gasteiger partial charge in [0, 0.05) is 6.54 Å². The van der Waals surface area contributed by atoms with Crippen LogP contribution in [0.2, 0.25) is 0 Å². The maximum Gasteiger partial charge on any atom is 0.277 e. The molecule has 1 atom stereocenters. The number of furan rings is 1. The smallest absolute Gasteiger partial charge is 0.277 e. The number of hydrogen-bond donors (Lipinski definition) is 1. The summed E-state index contributed by atoms with van der Waals surface area (Å²) in [6, 6.07) is 1.77. The second-order valence-electron chi connectivity index (χ2n) is 5.16. The third-order valence-electron chi connectivity index (χ3n) is 2.83. The molecule has 0 aliphatic carbocycles. The van der Waals surface area contributed by atoms with E-state index in [0.717, 1.165) is 11.3 Å². The Morgan fingerprint density at radius 2 is 2.14 bits per heavy atom. The molecule has 7 heteroatoms. The number of nitrogens with zero attached hydrogens (tertiary/aromatic N) is 2. The minimum atomic E-state index is -0.289. The van der Waals surface area contributed by atoms with Crippen molar-refractivity contribution in [2.75, 3.05) is 6.54 Å². The zero-order valence-corrected chi connectivity index (χ0v) is 13.4. The molecule has 0 radical (unpaired) electrons. The van der Waals surface area contributed by atoms with Crippen LogP contribution in [0.5, 0.6) is 0 Å². The predicted molar refractivity (Wildman–Crippen MR) is 79.9 cm³/mol. The molecule has 21 heavy (non-hydrogen) atoms. The fourth-order valence-electron chi connectivity index (χ4n) is 1.63. The highest BCUT2D eigenvalue weighted by Gasteiger charge is 2.19. The lowest BCUT2D eigenvalue weighted by atomic mass is 10.2. The number of nitrogens with one attached hydrogen (secondary N) is 1. The van der Waals surface area contributed by atoms with Gasteiger partial charge in [0.2, 0.25) is 5.91 Å². The van der Waals surface area contributed by atoms with Gasteiger partial charge in [0.1, 0.15) is 5.76 Å². The van der Waals surface area contributed by atoms with Gasteiger partial charge >= 0.3 is 0 Å². The van der Waals surface area contributed by atoms with Crippen LogP contribution in [0.4, 0.5) is 0 Å². The maximum atomic E-state index is 11.9. The summed E-state index contributed by atoms with van der Waals surface area (Å²) in [5.74, 6) is 1.51. The van der Waals surface area contributed by atoms with Crippen molar-refractivity contribution in [2.45, 2.75) is 38.2 Å². The van der Waals surface area contributed by atoms with Crippen molar-refractivity contribution in [3.05, 3.63) is 18.1 Å². The first kappa shape index (κ1) is 15.6. The van der Waals surface area contributed by atoms with E-state index in [1.54, 1.807) is 12.3 Å². The summed E-state index contributed by atoms with van der Waals surface area (Å²) in [4.78, 5) is 11.9. The second kappa shape index (κ2) is 6.80. The Balaban J connectivity index is 1.96. The summed E-state index contributed by atoms with van der Waals surface area (Å²) in [6.45, 7) is 8.40. The van der Waals surface area contributed by atoms with Crippen LogP contribution in [-0.4, -0.2) is 27.9 Å². The Morgan fingerprint density at radius 1 is 1.38 bits per heavy atom. The van der Waals surface area contributed by atoms with Crippen LogP contribution in [0, 0.1) is 12.8 Å². The molecular formula is C14H19N3O3S. The fraction of sp³-hybridized carbons (Fsp3) is 0.500. The monoisotopic (exact) mass is 309 g/mol. The number of thioether (sulfide) groups is 1. The molecule has 0 saturated heterocycles. The first-order valence-corrected chi connectivity index (χ1v) is 7.67. The number of hydrogen-bond acceptors (Lipinski definition) is 6. The molecule has 0 aromatic carbocycles. The second-order valence-corrected chi connectivity index (χ2v) is 6.45. The highest BCUT2D eigenvalue weighted by atomic mass is 32.2. The molecule has 0 fully saturated rings. The zero-order chi connectivity index (χ0) is 15.4. The third kappa shape index (κ3) is 4.10. The summed E-state index contributed by atoms with van der Waals surface area (Å²) < 4.78 is 10.8. The lowest BCUT2D eigenvalue weighted by molar-refractivity contribution is -0.120. The first-order valence-electron chi connectivity index (χ1n) is 6.79. The number of amides is 1. The van der Waals surface area contributed by atoms with Crippen LogP contribution in [0.15, 0.2) is 26.4 Å². The van der Waals surface area contributed by atoms with Crippen LogP contribution in [0.25, 0.3) is 11.5 Å². The van der Waals surface area contributed by atoms with Gasteiger partial charge in [-0.15, -0.1) is 10.2 Å². The topological polar surface area (TPSA) is 81.2 Å². The van der Waals surface area contributed by atoms with Gasteiger partial charge in [-0.3, -0.25) is 4.79 Å². The number of carbonyl (C=O) groups is 1. The van der Waals surface area contributed by atoms with E-state index >= 15 is 0 Å². The van der Waals surface area contributed by atoms with E-state index in [0.29, 0.717) is 23.6 Å². The lowest BCUT2D eigenvalue weighted by Crippen LogP contribution is -2.33. The molecule has 0 bridgehead atoms. The molecule has 2 aromatic rings. The Kier molecular flexibility index (Phi) is 5.06. The van der Waals surface area contributed by atoms with Gasteiger partial charge in [0.25, 0.3) is 11.1 Å². The molecule has 114 valence electrons. The number of aromatic nitrogens is 2. The summed E-state index contributed by atoms with van der Waals surface area (Å²) in [7, 11) is 0. The van der Waals surface area contributed by atoms with Gasteiger partial charge in [-0.2, -0.15) is 0 Å². The lowest BCUT2D eigenvalue weighted by Gasteiger charge is -2.11. The van der Waals surface area contributed by atoms with Crippen molar-refractivity contribution in [3.63, 3.8) is 0 Å². The zero-order valence-electron chi connectivity index (χ0n) is 12.5. The Labute approximate surface area is 127 Å². The van der Waals surface area contributed by atoms with Gasteiger partial charge in [-0.25, -0.2) is 0 Å². The minimum Gasteiger partial charge on any atom is -0.469 e. The highest BCUT2D eigenvalue weighted by Crippen LogP contribution is 2.28. The van der Waals surface area contributed by atoms with Crippen LogP contribution in [-0.2, 0) is 4.79 Å². The first-order chi connectivity index (χ1) is 9.97. The molecule has 1 N–H and O–H groups in total. The molecule has 2 aromatic heterocycles. The van der Waals surface area contributed by atoms with Crippen LogP contribution < -0.4 is 5.32 Å². The Morgan fingerprint density at radius 3 is 2.76 bits per heavy atom. The largest absolute Gasteiger partial charge is 0.469 e. The van der Waals surface area contributed by atoms with Crippen LogP contribution >= 0.6 is 11.8 Å². The van der Waals surface area contributed by atoms with Crippen molar-refractivity contribution < 1.29 is 13.6 Å². The molecule has 0 unspecified atom stereocenters. The Hall–Kier alpha value is -1.76. The van der Waals surface area contributed by atoms with E-state index < -0.39 is 0 Å². The van der Waals surface area contributed by atoms with Crippen LogP contribution in [0.3, 0.4) is 0 Å². The molecular weight excluding hydrogens is 290 g/mol. The summed E-state index contributed by atoms with van der Waals surface area (Å²) in [5, 5.41) is 10.9.